The van der Waals surface area contributed by atoms with Gasteiger partial charge in [0.25, 0.3) is 5.91 Å². The summed E-state index contributed by atoms with van der Waals surface area (Å²) in [6, 6.07) is 22.2. The molecule has 2 heterocycles. The average Bonchev–Trinajstić information content (AvgIpc) is 3.17. The first-order valence-corrected chi connectivity index (χ1v) is 11.9. The van der Waals surface area contributed by atoms with Gasteiger partial charge in [-0.3, -0.25) is 14.6 Å². The number of nitrogens with zero attached hydrogens (tertiary/aromatic N) is 2. The minimum atomic E-state index is -0.417. The molecule has 5 rings (SSSR count). The minimum Gasteiger partial charge on any atom is -0.497 e. The zero-order valence-corrected chi connectivity index (χ0v) is 20.0. The second-order valence-corrected chi connectivity index (χ2v) is 9.29. The summed E-state index contributed by atoms with van der Waals surface area (Å²) in [7, 11) is 1.64. The number of anilines is 1. The van der Waals surface area contributed by atoms with E-state index in [4.69, 9.17) is 9.47 Å². The SMILES string of the molecule is COc1ccc(Oc2cccc(CN3CC[C@@]4(C=CC(=O)N4c4cccc(F)c4)C[C@H]3C)c2)cc1. The van der Waals surface area contributed by atoms with Crippen molar-refractivity contribution >= 4 is 11.6 Å². The van der Waals surface area contributed by atoms with Crippen LogP contribution < -0.4 is 14.4 Å². The molecule has 1 saturated heterocycles. The number of ether oxygens (including phenoxy) is 2. The van der Waals surface area contributed by atoms with Crippen molar-refractivity contribution in [3.8, 4) is 17.2 Å². The summed E-state index contributed by atoms with van der Waals surface area (Å²) < 4.78 is 25.2. The summed E-state index contributed by atoms with van der Waals surface area (Å²) in [5.74, 6) is 1.92. The van der Waals surface area contributed by atoms with Crippen LogP contribution in [-0.4, -0.2) is 36.0 Å². The molecular formula is C29H29FN2O3. The zero-order valence-electron chi connectivity index (χ0n) is 20.0. The van der Waals surface area contributed by atoms with Crippen molar-refractivity contribution < 1.29 is 18.7 Å². The molecule has 35 heavy (non-hydrogen) atoms. The number of amides is 1. The third-order valence-corrected chi connectivity index (χ3v) is 6.95. The van der Waals surface area contributed by atoms with Crippen LogP contribution in [0.2, 0.25) is 0 Å². The average molecular weight is 473 g/mol. The van der Waals surface area contributed by atoms with Crippen molar-refractivity contribution in [1.82, 2.24) is 4.90 Å². The van der Waals surface area contributed by atoms with Gasteiger partial charge in [-0.25, -0.2) is 4.39 Å². The third-order valence-electron chi connectivity index (χ3n) is 6.95. The molecule has 0 aromatic heterocycles. The Morgan fingerprint density at radius 1 is 1.00 bits per heavy atom. The predicted octanol–water partition coefficient (Wildman–Crippen LogP) is 5.95. The van der Waals surface area contributed by atoms with E-state index in [1.807, 2.05) is 42.5 Å². The van der Waals surface area contributed by atoms with Gasteiger partial charge in [0.2, 0.25) is 0 Å². The summed E-state index contributed by atoms with van der Waals surface area (Å²) in [6.07, 6.45) is 5.22. The van der Waals surface area contributed by atoms with Crippen LogP contribution in [0.25, 0.3) is 0 Å². The fourth-order valence-electron chi connectivity index (χ4n) is 5.21. The van der Waals surface area contributed by atoms with E-state index < -0.39 is 5.54 Å². The summed E-state index contributed by atoms with van der Waals surface area (Å²) in [6.45, 7) is 3.81. The minimum absolute atomic E-state index is 0.0837. The molecule has 0 saturated carbocycles. The van der Waals surface area contributed by atoms with Gasteiger partial charge in [-0.2, -0.15) is 0 Å². The van der Waals surface area contributed by atoms with Crippen LogP contribution in [-0.2, 0) is 11.3 Å². The van der Waals surface area contributed by atoms with Crippen molar-refractivity contribution in [3.63, 3.8) is 0 Å². The number of methoxy groups -OCH3 is 1. The Kier molecular flexibility index (Phi) is 6.31. The molecule has 180 valence electrons. The molecule has 5 nitrogen and oxygen atoms in total. The molecule has 6 heteroatoms. The van der Waals surface area contributed by atoms with Crippen LogP contribution in [0.4, 0.5) is 10.1 Å². The Bertz CT molecular complexity index is 1240. The lowest BCUT2D eigenvalue weighted by Crippen LogP contribution is -2.56. The summed E-state index contributed by atoms with van der Waals surface area (Å²) in [5, 5.41) is 0. The molecule has 2 aliphatic rings. The highest BCUT2D eigenvalue weighted by Gasteiger charge is 2.46. The number of carbonyl (C=O) groups excluding carboxylic acids is 1. The topological polar surface area (TPSA) is 42.0 Å². The van der Waals surface area contributed by atoms with E-state index in [1.54, 1.807) is 30.2 Å². The molecule has 0 bridgehead atoms. The summed E-state index contributed by atoms with van der Waals surface area (Å²) in [4.78, 5) is 16.9. The Hall–Kier alpha value is -3.64. The van der Waals surface area contributed by atoms with Crippen molar-refractivity contribution in [2.24, 2.45) is 0 Å². The number of hydrogen-bond acceptors (Lipinski definition) is 4. The normalized spacial score (nSPS) is 22.1. The molecule has 0 aliphatic carbocycles. The maximum Gasteiger partial charge on any atom is 0.251 e. The van der Waals surface area contributed by atoms with E-state index in [-0.39, 0.29) is 17.8 Å². The number of piperidine rings is 1. The molecule has 2 aliphatic heterocycles. The first kappa shape index (κ1) is 23.1. The molecule has 1 amide bonds. The maximum absolute atomic E-state index is 13.9. The lowest BCUT2D eigenvalue weighted by Gasteiger charge is -2.47. The van der Waals surface area contributed by atoms with Gasteiger partial charge in [0.05, 0.1) is 12.6 Å². The number of hydrogen-bond donors (Lipinski definition) is 0. The highest BCUT2D eigenvalue weighted by Crippen LogP contribution is 2.41. The Morgan fingerprint density at radius 2 is 1.77 bits per heavy atom. The largest absolute Gasteiger partial charge is 0.497 e. The quantitative estimate of drug-likeness (QED) is 0.444. The molecule has 0 radical (unpaired) electrons. The van der Waals surface area contributed by atoms with Crippen molar-refractivity contribution in [2.45, 2.75) is 37.9 Å². The lowest BCUT2D eigenvalue weighted by molar-refractivity contribution is -0.114. The maximum atomic E-state index is 13.9. The Balaban J connectivity index is 1.27. The zero-order chi connectivity index (χ0) is 24.4. The van der Waals surface area contributed by atoms with E-state index in [0.29, 0.717) is 5.69 Å². The van der Waals surface area contributed by atoms with Crippen LogP contribution in [0.3, 0.4) is 0 Å². The van der Waals surface area contributed by atoms with Crippen LogP contribution >= 0.6 is 0 Å². The second-order valence-electron chi connectivity index (χ2n) is 9.29. The van der Waals surface area contributed by atoms with E-state index in [2.05, 4.69) is 24.0 Å². The van der Waals surface area contributed by atoms with E-state index in [1.165, 1.54) is 17.7 Å². The van der Waals surface area contributed by atoms with Gasteiger partial charge < -0.3 is 9.47 Å². The van der Waals surface area contributed by atoms with Gasteiger partial charge in [0.1, 0.15) is 23.1 Å². The Labute approximate surface area is 205 Å². The van der Waals surface area contributed by atoms with Crippen LogP contribution in [0, 0.1) is 5.82 Å². The summed E-state index contributed by atoms with van der Waals surface area (Å²) >= 11 is 0. The molecule has 0 N–H and O–H groups in total. The van der Waals surface area contributed by atoms with Gasteiger partial charge in [-0.15, -0.1) is 0 Å². The fraction of sp³-hybridized carbons (Fsp3) is 0.276. The van der Waals surface area contributed by atoms with Crippen molar-refractivity contribution in [2.75, 3.05) is 18.6 Å². The van der Waals surface area contributed by atoms with Gasteiger partial charge in [-0.1, -0.05) is 24.3 Å². The van der Waals surface area contributed by atoms with Crippen molar-refractivity contribution in [3.05, 3.63) is 96.3 Å². The second kappa shape index (κ2) is 9.55. The molecule has 1 spiro atoms. The van der Waals surface area contributed by atoms with Crippen LogP contribution in [0.1, 0.15) is 25.3 Å². The van der Waals surface area contributed by atoms with E-state index in [9.17, 15) is 9.18 Å². The molecule has 3 aromatic carbocycles. The number of likely N-dealkylation sites (tertiary alicyclic amines) is 1. The summed E-state index contributed by atoms with van der Waals surface area (Å²) in [5.41, 5.74) is 1.36. The Morgan fingerprint density at radius 3 is 2.51 bits per heavy atom. The molecule has 1 fully saturated rings. The number of halogens is 1. The van der Waals surface area contributed by atoms with Gasteiger partial charge >= 0.3 is 0 Å². The van der Waals surface area contributed by atoms with Crippen LogP contribution in [0.5, 0.6) is 17.2 Å². The van der Waals surface area contributed by atoms with Crippen molar-refractivity contribution in [1.29, 1.82) is 0 Å². The fourth-order valence-corrected chi connectivity index (χ4v) is 5.21. The van der Waals surface area contributed by atoms with E-state index >= 15 is 0 Å². The molecular weight excluding hydrogens is 443 g/mol. The first-order valence-electron chi connectivity index (χ1n) is 11.9. The highest BCUT2D eigenvalue weighted by atomic mass is 19.1. The molecule has 2 atom stereocenters. The molecule has 3 aromatic rings. The number of rotatable bonds is 6. The smallest absolute Gasteiger partial charge is 0.251 e. The van der Waals surface area contributed by atoms with Gasteiger partial charge in [0, 0.05) is 30.9 Å². The monoisotopic (exact) mass is 472 g/mol. The highest BCUT2D eigenvalue weighted by molar-refractivity contribution is 6.06. The van der Waals surface area contributed by atoms with Gasteiger partial charge in [0.15, 0.2) is 0 Å². The van der Waals surface area contributed by atoms with Crippen LogP contribution in [0.15, 0.2) is 84.9 Å². The molecule has 0 unspecified atom stereocenters. The third kappa shape index (κ3) is 4.80. The lowest BCUT2D eigenvalue weighted by atomic mass is 9.82. The number of carbonyl (C=O) groups is 1. The van der Waals surface area contributed by atoms with Gasteiger partial charge in [-0.05, 0) is 79.9 Å². The first-order chi connectivity index (χ1) is 17.0. The number of benzene rings is 3. The standard InChI is InChI=1S/C29H29FN2O3/c1-21-19-29(14-13-28(33)32(29)24-7-4-6-23(30)18-24)15-16-31(21)20-22-5-3-8-27(17-22)35-26-11-9-25(34-2)10-12-26/h3-14,17-18,21H,15-16,19-20H2,1-2H3/t21-,29+/m1/s1. The van der Waals surface area contributed by atoms with E-state index in [0.717, 1.165) is 43.2 Å². The predicted molar refractivity (Wildman–Crippen MR) is 134 cm³/mol.